The predicted molar refractivity (Wildman–Crippen MR) is 258 cm³/mol. The molecule has 0 bridgehead atoms. The molecule has 14 nitrogen and oxygen atoms in total. The average Bonchev–Trinajstić information content (AvgIpc) is 3.31. The Kier molecular flexibility index (Phi) is 35.6. The third-order valence-electron chi connectivity index (χ3n) is 12.8. The summed E-state index contributed by atoms with van der Waals surface area (Å²) in [5.41, 5.74) is 0. The average molecular weight is 942 g/mol. The van der Waals surface area contributed by atoms with Crippen molar-refractivity contribution in [3.05, 3.63) is 36.5 Å². The number of hydrogen-bond donors (Lipinski definition) is 9. The van der Waals surface area contributed by atoms with Crippen LogP contribution < -0.4 is 5.32 Å². The van der Waals surface area contributed by atoms with Crippen LogP contribution in [0.3, 0.4) is 0 Å². The van der Waals surface area contributed by atoms with Gasteiger partial charge in [-0.3, -0.25) is 4.79 Å². The van der Waals surface area contributed by atoms with Crippen LogP contribution in [0.15, 0.2) is 36.5 Å². The number of aliphatic hydroxyl groups is 8. The minimum atomic E-state index is -1.79. The molecule has 2 rings (SSSR count). The van der Waals surface area contributed by atoms with E-state index in [1.807, 2.05) is 6.08 Å². The molecule has 2 aliphatic heterocycles. The molecule has 14 heteroatoms. The molecule has 0 aromatic heterocycles. The lowest BCUT2D eigenvalue weighted by Gasteiger charge is -2.46. The molecule has 0 saturated carbocycles. The van der Waals surface area contributed by atoms with E-state index >= 15 is 0 Å². The molecule has 0 spiro atoms. The van der Waals surface area contributed by atoms with Crippen LogP contribution in [0.2, 0.25) is 0 Å². The van der Waals surface area contributed by atoms with Crippen LogP contribution in [0.25, 0.3) is 0 Å². The minimum Gasteiger partial charge on any atom is -0.394 e. The molecule has 2 heterocycles. The molecule has 2 saturated heterocycles. The number of allylic oxidation sites excluding steroid dienone is 5. The maximum Gasteiger partial charge on any atom is 0.220 e. The van der Waals surface area contributed by atoms with E-state index in [1.165, 1.54) is 116 Å². The molecule has 66 heavy (non-hydrogen) atoms. The van der Waals surface area contributed by atoms with Crippen molar-refractivity contribution in [1.29, 1.82) is 0 Å². The van der Waals surface area contributed by atoms with Crippen molar-refractivity contribution in [3.8, 4) is 0 Å². The third kappa shape index (κ3) is 25.7. The van der Waals surface area contributed by atoms with Gasteiger partial charge in [-0.1, -0.05) is 179 Å². The predicted octanol–water partition coefficient (Wildman–Crippen LogP) is 7.10. The van der Waals surface area contributed by atoms with E-state index in [4.69, 9.17) is 18.9 Å². The summed E-state index contributed by atoms with van der Waals surface area (Å²) >= 11 is 0. The highest BCUT2D eigenvalue weighted by Gasteiger charge is 2.51. The smallest absolute Gasteiger partial charge is 0.220 e. The zero-order chi connectivity index (χ0) is 48.2. The Bertz CT molecular complexity index is 1250. The van der Waals surface area contributed by atoms with Gasteiger partial charge in [0.25, 0.3) is 0 Å². The van der Waals surface area contributed by atoms with Gasteiger partial charge < -0.3 is 65.1 Å². The molecule has 0 radical (unpaired) electrons. The summed E-state index contributed by atoms with van der Waals surface area (Å²) < 4.78 is 22.7. The number of nitrogens with one attached hydrogen (secondary N) is 1. The summed E-state index contributed by atoms with van der Waals surface area (Å²) in [5, 5.41) is 86.7. The van der Waals surface area contributed by atoms with Crippen LogP contribution in [0.1, 0.15) is 194 Å². The van der Waals surface area contributed by atoms with Gasteiger partial charge in [-0.25, -0.2) is 0 Å². The Morgan fingerprint density at radius 3 is 1.48 bits per heavy atom. The van der Waals surface area contributed by atoms with Gasteiger partial charge in [-0.15, -0.1) is 0 Å². The van der Waals surface area contributed by atoms with Gasteiger partial charge in [-0.2, -0.15) is 0 Å². The molecule has 12 unspecified atom stereocenters. The van der Waals surface area contributed by atoms with E-state index in [0.717, 1.165) is 44.9 Å². The highest BCUT2D eigenvalue weighted by molar-refractivity contribution is 5.76. The molecular weight excluding hydrogens is 847 g/mol. The summed E-state index contributed by atoms with van der Waals surface area (Å²) in [4.78, 5) is 13.2. The SMILES string of the molecule is CCCCCCC/C=C/CC/C=C/CC/C=C/C(O)C(COC1OC(CO)C(OC2OC(CO)C(O)C(O)C2O)C(O)C1O)NC(=O)CCCCCCCCCCCCCCCCCCC. The zero-order valence-corrected chi connectivity index (χ0v) is 40.9. The van der Waals surface area contributed by atoms with E-state index in [1.54, 1.807) is 6.08 Å². The fourth-order valence-corrected chi connectivity index (χ4v) is 8.50. The Morgan fingerprint density at radius 1 is 0.530 bits per heavy atom. The molecular formula is C52H95NO13. The lowest BCUT2D eigenvalue weighted by Crippen LogP contribution is -2.65. The molecule has 9 N–H and O–H groups in total. The number of carbonyl (C=O) groups is 1. The van der Waals surface area contributed by atoms with Crippen LogP contribution >= 0.6 is 0 Å². The van der Waals surface area contributed by atoms with Gasteiger partial charge in [0.1, 0.15) is 48.8 Å². The number of ether oxygens (including phenoxy) is 4. The molecule has 0 aromatic rings. The van der Waals surface area contributed by atoms with Gasteiger partial charge in [-0.05, 0) is 44.9 Å². The number of unbranched alkanes of at least 4 members (excludes halogenated alkanes) is 23. The minimum absolute atomic E-state index is 0.253. The van der Waals surface area contributed by atoms with Crippen LogP contribution in [0.5, 0.6) is 0 Å². The number of carbonyl (C=O) groups excluding carboxylic acids is 1. The first-order chi connectivity index (χ1) is 32.1. The van der Waals surface area contributed by atoms with Crippen molar-refractivity contribution in [2.45, 2.75) is 267 Å². The number of amides is 1. The summed E-state index contributed by atoms with van der Waals surface area (Å²) in [5.74, 6) is -0.253. The van der Waals surface area contributed by atoms with Gasteiger partial charge >= 0.3 is 0 Å². The van der Waals surface area contributed by atoms with E-state index in [2.05, 4.69) is 43.5 Å². The number of aliphatic hydroxyl groups excluding tert-OH is 8. The molecule has 2 aliphatic rings. The Labute approximate surface area is 398 Å². The van der Waals surface area contributed by atoms with Gasteiger partial charge in [0.05, 0.1) is 32.0 Å². The van der Waals surface area contributed by atoms with Crippen molar-refractivity contribution >= 4 is 5.91 Å². The highest BCUT2D eigenvalue weighted by Crippen LogP contribution is 2.30. The first kappa shape index (κ1) is 60.3. The van der Waals surface area contributed by atoms with Crippen LogP contribution in [-0.4, -0.2) is 140 Å². The van der Waals surface area contributed by atoms with Crippen molar-refractivity contribution in [2.75, 3.05) is 19.8 Å². The largest absolute Gasteiger partial charge is 0.394 e. The second-order valence-corrected chi connectivity index (χ2v) is 18.6. The summed E-state index contributed by atoms with van der Waals surface area (Å²) in [6.45, 7) is 2.75. The third-order valence-corrected chi connectivity index (χ3v) is 12.8. The molecule has 386 valence electrons. The normalized spacial score (nSPS) is 27.1. The highest BCUT2D eigenvalue weighted by atomic mass is 16.7. The second kappa shape index (κ2) is 39.0. The quantitative estimate of drug-likeness (QED) is 0.0221. The van der Waals surface area contributed by atoms with Crippen molar-refractivity contribution in [2.24, 2.45) is 0 Å². The van der Waals surface area contributed by atoms with Crippen molar-refractivity contribution < 1.29 is 64.6 Å². The maximum absolute atomic E-state index is 13.2. The molecule has 2 fully saturated rings. The van der Waals surface area contributed by atoms with Gasteiger partial charge in [0.2, 0.25) is 5.91 Å². The van der Waals surface area contributed by atoms with Gasteiger partial charge in [0, 0.05) is 6.42 Å². The zero-order valence-electron chi connectivity index (χ0n) is 40.9. The van der Waals surface area contributed by atoms with E-state index in [0.29, 0.717) is 12.8 Å². The lowest BCUT2D eigenvalue weighted by molar-refractivity contribution is -0.359. The van der Waals surface area contributed by atoms with Crippen LogP contribution in [0.4, 0.5) is 0 Å². The topological polar surface area (TPSA) is 228 Å². The standard InChI is InChI=1S/C52H95NO13/c1-3-5-7-9-11-13-15-17-19-20-22-24-26-28-30-32-34-36-44(57)53-40(41(56)35-33-31-29-27-25-23-21-18-16-14-12-10-8-6-4-2)39-63-51-49(62)47(60)50(43(38-55)65-51)66-52-48(61)46(59)45(58)42(37-54)64-52/h16,18,25,27,33,35,40-43,45-52,54-56,58-62H,3-15,17,19-24,26,28-32,34,36-39H2,1-2H3,(H,53,57)/b18-16+,27-25+,35-33+. The monoisotopic (exact) mass is 942 g/mol. The number of hydrogen-bond acceptors (Lipinski definition) is 13. The maximum atomic E-state index is 13.2. The Hall–Kier alpha value is -1.79. The Morgan fingerprint density at radius 2 is 0.970 bits per heavy atom. The fraction of sp³-hybridized carbons (Fsp3) is 0.865. The lowest BCUT2D eigenvalue weighted by atomic mass is 9.97. The first-order valence-corrected chi connectivity index (χ1v) is 26.2. The van der Waals surface area contributed by atoms with E-state index in [9.17, 15) is 45.6 Å². The second-order valence-electron chi connectivity index (χ2n) is 18.6. The number of rotatable bonds is 40. The molecule has 12 atom stereocenters. The van der Waals surface area contributed by atoms with Crippen LogP contribution in [-0.2, 0) is 23.7 Å². The fourth-order valence-electron chi connectivity index (χ4n) is 8.50. The molecule has 1 amide bonds. The van der Waals surface area contributed by atoms with Crippen molar-refractivity contribution in [3.63, 3.8) is 0 Å². The van der Waals surface area contributed by atoms with E-state index in [-0.39, 0.29) is 18.9 Å². The first-order valence-electron chi connectivity index (χ1n) is 26.2. The summed E-state index contributed by atoms with van der Waals surface area (Å²) in [6.07, 6.45) is 27.5. The van der Waals surface area contributed by atoms with Crippen molar-refractivity contribution in [1.82, 2.24) is 5.32 Å². The molecule has 0 aromatic carbocycles. The summed E-state index contributed by atoms with van der Waals surface area (Å²) in [6, 6.07) is -0.933. The summed E-state index contributed by atoms with van der Waals surface area (Å²) in [7, 11) is 0. The Balaban J connectivity index is 1.86. The molecule has 0 aliphatic carbocycles. The van der Waals surface area contributed by atoms with Crippen LogP contribution in [0, 0.1) is 0 Å². The van der Waals surface area contributed by atoms with E-state index < -0.39 is 86.8 Å². The van der Waals surface area contributed by atoms with Gasteiger partial charge in [0.15, 0.2) is 12.6 Å².